The van der Waals surface area contributed by atoms with Crippen molar-refractivity contribution in [3.63, 3.8) is 0 Å². The lowest BCUT2D eigenvalue weighted by atomic mass is 9.67. The first-order valence-corrected chi connectivity index (χ1v) is 9.52. The fraction of sp³-hybridized carbons (Fsp3) is 0.733. The molecule has 0 N–H and O–H groups in total. The molecule has 0 amide bonds. The summed E-state index contributed by atoms with van der Waals surface area (Å²) in [4.78, 5) is 23.1. The van der Waals surface area contributed by atoms with Crippen molar-refractivity contribution in [1.29, 1.82) is 0 Å². The molecule has 1 saturated heterocycles. The van der Waals surface area contributed by atoms with Crippen LogP contribution in [0.4, 0.5) is 13.2 Å². The average Bonchev–Trinajstić information content (AvgIpc) is 2.77. The van der Waals surface area contributed by atoms with Gasteiger partial charge in [-0.1, -0.05) is 6.58 Å². The number of hydrogen-bond donors (Lipinski definition) is 0. The molecule has 4 fully saturated rings. The van der Waals surface area contributed by atoms with Crippen LogP contribution >= 0.6 is 0 Å². The Morgan fingerprint density at radius 1 is 1.23 bits per heavy atom. The first-order chi connectivity index (χ1) is 12.0. The van der Waals surface area contributed by atoms with Gasteiger partial charge in [-0.25, -0.2) is 4.79 Å². The molecule has 26 heavy (non-hydrogen) atoms. The van der Waals surface area contributed by atoms with Gasteiger partial charge in [-0.05, 0) is 25.2 Å². The molecule has 4 rings (SSSR count). The summed E-state index contributed by atoms with van der Waals surface area (Å²) in [5.74, 6) is -2.80. The van der Waals surface area contributed by atoms with Gasteiger partial charge in [0.2, 0.25) is 0 Å². The van der Waals surface area contributed by atoms with Crippen LogP contribution < -0.4 is 0 Å². The Kier molecular flexibility index (Phi) is 4.80. The standard InChI is InChI=1S/C15H17F3O7S/c1-7(15(16,17)18)14(20)23-5-4-11(19)24-12-8-2-3-9-10(6-8)26(21,22)25-13(9)12/h8-10,12-13H,1-6H2. The van der Waals surface area contributed by atoms with Crippen LogP contribution in [0.15, 0.2) is 12.2 Å². The molecular formula is C15H17F3O7S. The molecule has 3 saturated carbocycles. The summed E-state index contributed by atoms with van der Waals surface area (Å²) >= 11 is 0. The molecule has 5 atom stereocenters. The predicted molar refractivity (Wildman–Crippen MR) is 79.1 cm³/mol. The molecule has 0 aromatic rings. The van der Waals surface area contributed by atoms with Crippen LogP contribution in [0.3, 0.4) is 0 Å². The Bertz CT molecular complexity index is 730. The second kappa shape index (κ2) is 6.52. The van der Waals surface area contributed by atoms with Crippen LogP contribution in [-0.2, 0) is 33.4 Å². The van der Waals surface area contributed by atoms with Crippen molar-refractivity contribution < 1.29 is 44.8 Å². The highest BCUT2D eigenvalue weighted by atomic mass is 32.2. The summed E-state index contributed by atoms with van der Waals surface area (Å²) in [5.41, 5.74) is -1.66. The van der Waals surface area contributed by atoms with E-state index in [0.717, 1.165) is 6.42 Å². The van der Waals surface area contributed by atoms with Gasteiger partial charge in [0, 0.05) is 5.92 Å². The first kappa shape index (κ1) is 19.2. The molecular weight excluding hydrogens is 381 g/mol. The van der Waals surface area contributed by atoms with Gasteiger partial charge in [0.15, 0.2) is 0 Å². The van der Waals surface area contributed by atoms with Gasteiger partial charge in [-0.15, -0.1) is 0 Å². The second-order valence-electron chi connectivity index (χ2n) is 6.65. The molecule has 1 heterocycles. The summed E-state index contributed by atoms with van der Waals surface area (Å²) in [6.07, 6.45) is -5.01. The third-order valence-electron chi connectivity index (χ3n) is 5.11. The van der Waals surface area contributed by atoms with Crippen LogP contribution in [0, 0.1) is 11.8 Å². The zero-order valence-electron chi connectivity index (χ0n) is 13.5. The lowest BCUT2D eigenvalue weighted by Crippen LogP contribution is -2.51. The molecule has 11 heteroatoms. The maximum Gasteiger partial charge on any atom is 0.422 e. The molecule has 0 aromatic carbocycles. The van der Waals surface area contributed by atoms with E-state index in [1.807, 2.05) is 0 Å². The van der Waals surface area contributed by atoms with Crippen molar-refractivity contribution in [3.05, 3.63) is 12.2 Å². The Hall–Kier alpha value is -1.62. The van der Waals surface area contributed by atoms with E-state index in [9.17, 15) is 31.2 Å². The van der Waals surface area contributed by atoms with Gasteiger partial charge in [-0.2, -0.15) is 21.6 Å². The molecule has 0 aromatic heterocycles. The van der Waals surface area contributed by atoms with E-state index in [1.165, 1.54) is 0 Å². The molecule has 0 spiro atoms. The third kappa shape index (κ3) is 3.46. The molecule has 0 radical (unpaired) electrons. The summed E-state index contributed by atoms with van der Waals surface area (Å²) < 4.78 is 75.5. The highest BCUT2D eigenvalue weighted by molar-refractivity contribution is 7.87. The molecule has 5 unspecified atom stereocenters. The van der Waals surface area contributed by atoms with E-state index in [4.69, 9.17) is 8.92 Å². The van der Waals surface area contributed by atoms with Gasteiger partial charge in [-0.3, -0.25) is 8.98 Å². The smallest absolute Gasteiger partial charge is 0.422 e. The van der Waals surface area contributed by atoms with E-state index in [0.29, 0.717) is 12.8 Å². The molecule has 7 nitrogen and oxygen atoms in total. The number of ether oxygens (including phenoxy) is 2. The number of carbonyl (C=O) groups excluding carboxylic acids is 2. The van der Waals surface area contributed by atoms with Crippen LogP contribution in [0.1, 0.15) is 25.7 Å². The van der Waals surface area contributed by atoms with Crippen molar-refractivity contribution in [2.75, 3.05) is 6.61 Å². The minimum atomic E-state index is -4.90. The van der Waals surface area contributed by atoms with Crippen LogP contribution in [-0.4, -0.2) is 50.6 Å². The lowest BCUT2D eigenvalue weighted by Gasteiger charge is -2.43. The fourth-order valence-corrected chi connectivity index (χ4v) is 5.76. The quantitative estimate of drug-likeness (QED) is 0.393. The Morgan fingerprint density at radius 3 is 2.58 bits per heavy atom. The van der Waals surface area contributed by atoms with E-state index in [-0.39, 0.29) is 11.8 Å². The van der Waals surface area contributed by atoms with E-state index in [2.05, 4.69) is 11.3 Å². The van der Waals surface area contributed by atoms with Gasteiger partial charge in [0.05, 0.1) is 11.7 Å². The van der Waals surface area contributed by atoms with Crippen molar-refractivity contribution in [1.82, 2.24) is 0 Å². The molecule has 4 bridgehead atoms. The van der Waals surface area contributed by atoms with E-state index in [1.54, 1.807) is 0 Å². The van der Waals surface area contributed by atoms with Crippen LogP contribution in [0.2, 0.25) is 0 Å². The van der Waals surface area contributed by atoms with Gasteiger partial charge < -0.3 is 9.47 Å². The minimum absolute atomic E-state index is 0.135. The third-order valence-corrected chi connectivity index (χ3v) is 6.88. The Labute approximate surface area is 147 Å². The highest BCUT2D eigenvalue weighted by Crippen LogP contribution is 2.52. The summed E-state index contributed by atoms with van der Waals surface area (Å²) in [6, 6.07) is 0. The van der Waals surface area contributed by atoms with Crippen molar-refractivity contribution in [2.45, 2.75) is 49.3 Å². The van der Waals surface area contributed by atoms with E-state index >= 15 is 0 Å². The van der Waals surface area contributed by atoms with Crippen LogP contribution in [0.25, 0.3) is 0 Å². The minimum Gasteiger partial charge on any atom is -0.461 e. The van der Waals surface area contributed by atoms with Crippen molar-refractivity contribution in [3.8, 4) is 0 Å². The Balaban J connectivity index is 1.50. The maximum absolute atomic E-state index is 12.3. The SMILES string of the molecule is C=C(C(=O)OCCC(=O)OC1C2CCC3C1OS(=O)(=O)C3C2)C(F)(F)F. The molecule has 4 aliphatic rings. The summed E-state index contributed by atoms with van der Waals surface area (Å²) in [5, 5.41) is -0.560. The summed E-state index contributed by atoms with van der Waals surface area (Å²) in [7, 11) is -3.65. The zero-order valence-corrected chi connectivity index (χ0v) is 14.3. The maximum atomic E-state index is 12.3. The van der Waals surface area contributed by atoms with Gasteiger partial charge >= 0.3 is 18.1 Å². The monoisotopic (exact) mass is 398 g/mol. The molecule has 146 valence electrons. The predicted octanol–water partition coefficient (Wildman–Crippen LogP) is 1.48. The Morgan fingerprint density at radius 2 is 1.92 bits per heavy atom. The van der Waals surface area contributed by atoms with Crippen molar-refractivity contribution >= 4 is 22.1 Å². The van der Waals surface area contributed by atoms with Gasteiger partial charge in [0.25, 0.3) is 10.1 Å². The van der Waals surface area contributed by atoms with Crippen molar-refractivity contribution in [2.24, 2.45) is 11.8 Å². The average molecular weight is 398 g/mol. The summed E-state index contributed by atoms with van der Waals surface area (Å²) in [6.45, 7) is 2.00. The zero-order chi connectivity index (χ0) is 19.3. The number of esters is 2. The first-order valence-electron chi connectivity index (χ1n) is 8.05. The number of rotatable bonds is 5. The molecule has 1 aliphatic heterocycles. The normalized spacial score (nSPS) is 34.3. The van der Waals surface area contributed by atoms with Crippen LogP contribution in [0.5, 0.6) is 0 Å². The second-order valence-corrected chi connectivity index (χ2v) is 8.43. The lowest BCUT2D eigenvalue weighted by molar-refractivity contribution is -0.168. The highest BCUT2D eigenvalue weighted by Gasteiger charge is 2.61. The number of hydrogen-bond acceptors (Lipinski definition) is 7. The van der Waals surface area contributed by atoms with E-state index < -0.39 is 64.3 Å². The largest absolute Gasteiger partial charge is 0.461 e. The molecule has 3 aliphatic carbocycles. The number of carbonyl (C=O) groups is 2. The number of alkyl halides is 3. The number of halogens is 3. The fourth-order valence-electron chi connectivity index (χ4n) is 3.86. The topological polar surface area (TPSA) is 96.0 Å². The van der Waals surface area contributed by atoms with Gasteiger partial charge in [0.1, 0.15) is 24.4 Å². The number of fused-ring (bicyclic) bond motifs is 1.